The fraction of sp³-hybridized carbons (Fsp3) is 0.682. The Kier molecular flexibility index (Phi) is 10.1. The van der Waals surface area contributed by atoms with E-state index in [2.05, 4.69) is 58.6 Å². The monoisotopic (exact) mass is 516 g/mol. The Hall–Kier alpha value is -0.900. The lowest BCUT2D eigenvalue weighted by Gasteiger charge is -2.34. The van der Waals surface area contributed by atoms with Crippen LogP contribution >= 0.6 is 24.0 Å². The second-order valence-electron chi connectivity index (χ2n) is 8.15. The van der Waals surface area contributed by atoms with Crippen LogP contribution in [0.5, 0.6) is 0 Å². The summed E-state index contributed by atoms with van der Waals surface area (Å²) in [5, 5.41) is 17.5. The average molecular weight is 516 g/mol. The number of hydrogen-bond acceptors (Lipinski definition) is 4. The summed E-state index contributed by atoms with van der Waals surface area (Å²) in [5.74, 6) is 0.819. The first-order valence-electron chi connectivity index (χ1n) is 10.7. The molecule has 2 saturated heterocycles. The molecular weight excluding hydrogens is 479 g/mol. The predicted molar refractivity (Wildman–Crippen MR) is 129 cm³/mol. The largest absolute Gasteiger partial charge is 0.388 e. The Balaban J connectivity index is 0.00000300. The van der Waals surface area contributed by atoms with Crippen LogP contribution in [0.2, 0.25) is 0 Å². The zero-order valence-corrected chi connectivity index (χ0v) is 20.2. The van der Waals surface area contributed by atoms with Crippen molar-refractivity contribution in [3.8, 4) is 0 Å². The third kappa shape index (κ3) is 7.70. The Morgan fingerprint density at radius 3 is 2.59 bits per heavy atom. The second-order valence-corrected chi connectivity index (χ2v) is 8.15. The number of likely N-dealkylation sites (tertiary alicyclic amines) is 1. The van der Waals surface area contributed by atoms with Gasteiger partial charge in [0.15, 0.2) is 5.96 Å². The molecule has 0 unspecified atom stereocenters. The SMILES string of the molecule is CCNC(=NCC1(O)CCOCC1)NC1CCN(Cc2ccccc2C)CC1.I. The molecule has 0 aromatic heterocycles. The first-order chi connectivity index (χ1) is 13.6. The molecule has 0 radical (unpaired) electrons. The number of halogens is 1. The fourth-order valence-electron chi connectivity index (χ4n) is 3.91. The van der Waals surface area contributed by atoms with E-state index in [1.165, 1.54) is 11.1 Å². The van der Waals surface area contributed by atoms with Crippen molar-refractivity contribution >= 4 is 29.9 Å². The zero-order valence-electron chi connectivity index (χ0n) is 17.8. The highest BCUT2D eigenvalue weighted by atomic mass is 127. The lowest BCUT2D eigenvalue weighted by Crippen LogP contribution is -2.49. The van der Waals surface area contributed by atoms with Crippen LogP contribution in [-0.2, 0) is 11.3 Å². The van der Waals surface area contributed by atoms with Gasteiger partial charge < -0.3 is 20.5 Å². The van der Waals surface area contributed by atoms with Gasteiger partial charge in [0.1, 0.15) is 0 Å². The molecule has 2 fully saturated rings. The van der Waals surface area contributed by atoms with Gasteiger partial charge >= 0.3 is 0 Å². The number of piperidine rings is 1. The van der Waals surface area contributed by atoms with Gasteiger partial charge in [0.05, 0.1) is 12.1 Å². The van der Waals surface area contributed by atoms with E-state index in [1.807, 2.05) is 0 Å². The molecule has 1 aromatic rings. The predicted octanol–water partition coefficient (Wildman–Crippen LogP) is 2.67. The van der Waals surface area contributed by atoms with E-state index in [1.54, 1.807) is 0 Å². The Morgan fingerprint density at radius 2 is 1.93 bits per heavy atom. The quantitative estimate of drug-likeness (QED) is 0.308. The first kappa shape index (κ1) is 24.4. The summed E-state index contributed by atoms with van der Waals surface area (Å²) in [6.07, 6.45) is 3.53. The normalized spacial score (nSPS) is 20.7. The number of rotatable bonds is 6. The lowest BCUT2D eigenvalue weighted by molar-refractivity contribution is -0.0566. The molecule has 0 bridgehead atoms. The number of aryl methyl sites for hydroxylation is 1. The molecule has 0 amide bonds. The van der Waals surface area contributed by atoms with Crippen LogP contribution in [0.25, 0.3) is 0 Å². The Labute approximate surface area is 192 Å². The van der Waals surface area contributed by atoms with Crippen molar-refractivity contribution in [3.63, 3.8) is 0 Å². The van der Waals surface area contributed by atoms with Gasteiger partial charge in [0, 0.05) is 58.3 Å². The van der Waals surface area contributed by atoms with Crippen molar-refractivity contribution in [1.82, 2.24) is 15.5 Å². The number of ether oxygens (including phenoxy) is 1. The summed E-state index contributed by atoms with van der Waals surface area (Å²) in [6, 6.07) is 9.08. The first-order valence-corrected chi connectivity index (χ1v) is 10.7. The summed E-state index contributed by atoms with van der Waals surface area (Å²) in [5.41, 5.74) is 2.07. The topological polar surface area (TPSA) is 69.1 Å². The molecule has 0 aliphatic carbocycles. The average Bonchev–Trinajstić information content (AvgIpc) is 2.70. The smallest absolute Gasteiger partial charge is 0.191 e. The van der Waals surface area contributed by atoms with Gasteiger partial charge in [-0.2, -0.15) is 0 Å². The molecule has 0 atom stereocenters. The molecule has 2 aliphatic heterocycles. The van der Waals surface area contributed by atoms with E-state index in [4.69, 9.17) is 4.74 Å². The van der Waals surface area contributed by atoms with E-state index in [0.29, 0.717) is 38.6 Å². The van der Waals surface area contributed by atoms with Crippen molar-refractivity contribution in [3.05, 3.63) is 35.4 Å². The van der Waals surface area contributed by atoms with Gasteiger partial charge in [-0.15, -0.1) is 24.0 Å². The minimum Gasteiger partial charge on any atom is -0.388 e. The summed E-state index contributed by atoms with van der Waals surface area (Å²) in [6.45, 7) is 9.96. The van der Waals surface area contributed by atoms with Gasteiger partial charge in [0.2, 0.25) is 0 Å². The molecular formula is C22H37IN4O2. The number of nitrogens with one attached hydrogen (secondary N) is 2. The summed E-state index contributed by atoms with van der Waals surface area (Å²) in [7, 11) is 0. The van der Waals surface area contributed by atoms with Crippen molar-refractivity contribution in [2.24, 2.45) is 4.99 Å². The number of aliphatic imine (C=N–C) groups is 1. The van der Waals surface area contributed by atoms with E-state index >= 15 is 0 Å². The Morgan fingerprint density at radius 1 is 1.24 bits per heavy atom. The standard InChI is InChI=1S/C22H36N4O2.HI/c1-3-23-21(24-17-22(27)10-14-28-15-11-22)25-20-8-12-26(13-9-20)16-19-7-5-4-6-18(19)2;/h4-7,20,27H,3,8-17H2,1-2H3,(H2,23,24,25);1H. The maximum absolute atomic E-state index is 10.6. The number of nitrogens with zero attached hydrogens (tertiary/aromatic N) is 2. The van der Waals surface area contributed by atoms with Crippen LogP contribution in [0, 0.1) is 6.92 Å². The zero-order chi connectivity index (χ0) is 19.8. The molecule has 3 N–H and O–H groups in total. The molecule has 6 nitrogen and oxygen atoms in total. The molecule has 164 valence electrons. The van der Waals surface area contributed by atoms with Crippen LogP contribution in [0.15, 0.2) is 29.3 Å². The van der Waals surface area contributed by atoms with Crippen LogP contribution < -0.4 is 10.6 Å². The van der Waals surface area contributed by atoms with Gasteiger partial charge in [-0.05, 0) is 37.8 Å². The van der Waals surface area contributed by atoms with Crippen LogP contribution in [0.3, 0.4) is 0 Å². The third-order valence-corrected chi connectivity index (χ3v) is 5.88. The lowest BCUT2D eigenvalue weighted by atomic mass is 9.95. The van der Waals surface area contributed by atoms with Crippen molar-refractivity contribution in [2.45, 2.75) is 57.7 Å². The maximum atomic E-state index is 10.6. The van der Waals surface area contributed by atoms with Crippen molar-refractivity contribution in [1.29, 1.82) is 0 Å². The van der Waals surface area contributed by atoms with Gasteiger partial charge in [-0.1, -0.05) is 24.3 Å². The van der Waals surface area contributed by atoms with Crippen molar-refractivity contribution in [2.75, 3.05) is 39.4 Å². The van der Waals surface area contributed by atoms with E-state index in [-0.39, 0.29) is 24.0 Å². The summed E-state index contributed by atoms with van der Waals surface area (Å²) >= 11 is 0. The van der Waals surface area contributed by atoms with E-state index in [9.17, 15) is 5.11 Å². The van der Waals surface area contributed by atoms with Gasteiger partial charge in [-0.25, -0.2) is 0 Å². The summed E-state index contributed by atoms with van der Waals surface area (Å²) < 4.78 is 5.36. The highest BCUT2D eigenvalue weighted by Gasteiger charge is 2.29. The summed E-state index contributed by atoms with van der Waals surface area (Å²) in [4.78, 5) is 7.21. The number of hydrogen-bond donors (Lipinski definition) is 3. The van der Waals surface area contributed by atoms with Crippen LogP contribution in [-0.4, -0.2) is 67.0 Å². The van der Waals surface area contributed by atoms with E-state index < -0.39 is 5.60 Å². The highest BCUT2D eigenvalue weighted by molar-refractivity contribution is 14.0. The second kappa shape index (κ2) is 12.1. The van der Waals surface area contributed by atoms with Crippen LogP contribution in [0.1, 0.15) is 43.7 Å². The number of aliphatic hydroxyl groups is 1. The molecule has 1 aromatic carbocycles. The minimum atomic E-state index is -0.725. The maximum Gasteiger partial charge on any atom is 0.191 e. The minimum absolute atomic E-state index is 0. The van der Waals surface area contributed by atoms with Gasteiger partial charge in [-0.3, -0.25) is 9.89 Å². The molecule has 0 spiro atoms. The van der Waals surface area contributed by atoms with Crippen molar-refractivity contribution < 1.29 is 9.84 Å². The van der Waals surface area contributed by atoms with Crippen LogP contribution in [0.4, 0.5) is 0 Å². The molecule has 2 heterocycles. The number of benzene rings is 1. The number of guanidine groups is 1. The molecule has 0 saturated carbocycles. The Bertz CT molecular complexity index is 641. The van der Waals surface area contributed by atoms with E-state index in [0.717, 1.165) is 45.0 Å². The molecule has 29 heavy (non-hydrogen) atoms. The molecule has 2 aliphatic rings. The molecule has 7 heteroatoms. The molecule has 3 rings (SSSR count). The third-order valence-electron chi connectivity index (χ3n) is 5.88. The highest BCUT2D eigenvalue weighted by Crippen LogP contribution is 2.21. The fourth-order valence-corrected chi connectivity index (χ4v) is 3.91. The van der Waals surface area contributed by atoms with Gasteiger partial charge in [0.25, 0.3) is 0 Å².